The highest BCUT2D eigenvalue weighted by Gasteiger charge is 2.34. The van der Waals surface area contributed by atoms with E-state index in [-0.39, 0.29) is 19.2 Å². The molecule has 1 aliphatic rings. The Labute approximate surface area is 160 Å². The van der Waals surface area contributed by atoms with Crippen LogP contribution in [0.1, 0.15) is 46.1 Å². The van der Waals surface area contributed by atoms with Gasteiger partial charge in [0.2, 0.25) is 0 Å². The van der Waals surface area contributed by atoms with E-state index in [2.05, 4.69) is 5.32 Å². The number of aliphatic hydroxyl groups excluding tert-OH is 1. The number of hydrogen-bond acceptors (Lipinski definition) is 5. The van der Waals surface area contributed by atoms with Crippen molar-refractivity contribution in [1.29, 1.82) is 0 Å². The molecule has 2 amide bonds. The summed E-state index contributed by atoms with van der Waals surface area (Å²) in [5.41, 5.74) is 0.290. The monoisotopic (exact) mass is 378 g/mol. The van der Waals surface area contributed by atoms with Gasteiger partial charge in [-0.3, -0.25) is 0 Å². The molecule has 2 N–H and O–H groups in total. The van der Waals surface area contributed by atoms with E-state index < -0.39 is 29.9 Å². The van der Waals surface area contributed by atoms with E-state index >= 15 is 0 Å². The molecule has 27 heavy (non-hydrogen) atoms. The zero-order valence-corrected chi connectivity index (χ0v) is 16.5. The molecule has 150 valence electrons. The van der Waals surface area contributed by atoms with Gasteiger partial charge in [-0.05, 0) is 46.1 Å². The fourth-order valence-corrected chi connectivity index (χ4v) is 2.96. The topological polar surface area (TPSA) is 88.1 Å². The number of carbonyl (C=O) groups excluding carboxylic acids is 2. The van der Waals surface area contributed by atoms with Crippen LogP contribution in [0, 0.1) is 0 Å². The molecule has 1 aromatic rings. The Balaban J connectivity index is 1.92. The molecule has 7 nitrogen and oxygen atoms in total. The fourth-order valence-electron chi connectivity index (χ4n) is 2.96. The van der Waals surface area contributed by atoms with Gasteiger partial charge >= 0.3 is 12.2 Å². The highest BCUT2D eigenvalue weighted by Crippen LogP contribution is 2.20. The lowest BCUT2D eigenvalue weighted by molar-refractivity contribution is 0.0363. The second kappa shape index (κ2) is 9.08. The van der Waals surface area contributed by atoms with E-state index in [0.717, 1.165) is 5.56 Å². The number of nitrogens with zero attached hydrogens (tertiary/aromatic N) is 1. The Hall–Kier alpha value is -2.28. The van der Waals surface area contributed by atoms with E-state index in [9.17, 15) is 14.7 Å². The van der Waals surface area contributed by atoms with Gasteiger partial charge in [-0.1, -0.05) is 30.3 Å². The molecule has 1 heterocycles. The van der Waals surface area contributed by atoms with Crippen molar-refractivity contribution in [2.75, 3.05) is 6.54 Å². The van der Waals surface area contributed by atoms with Gasteiger partial charge in [-0.25, -0.2) is 9.59 Å². The zero-order chi connectivity index (χ0) is 20.0. The number of carbonyl (C=O) groups is 2. The van der Waals surface area contributed by atoms with Crippen molar-refractivity contribution in [3.05, 3.63) is 35.9 Å². The molecule has 0 radical (unpaired) electrons. The summed E-state index contributed by atoms with van der Waals surface area (Å²) < 4.78 is 10.6. The number of β-amino-alcohol motifs (C(OH)–C–C–N with tert-alkyl or cyclic N) is 1. The molecule has 1 saturated heterocycles. The Morgan fingerprint density at radius 1 is 1.22 bits per heavy atom. The van der Waals surface area contributed by atoms with Crippen molar-refractivity contribution >= 4 is 12.2 Å². The molecule has 1 aromatic carbocycles. The smallest absolute Gasteiger partial charge is 0.410 e. The average Bonchev–Trinajstić information content (AvgIpc) is 2.72. The van der Waals surface area contributed by atoms with Crippen molar-refractivity contribution in [1.82, 2.24) is 10.2 Å². The lowest BCUT2D eigenvalue weighted by atomic mass is 10.1. The maximum Gasteiger partial charge on any atom is 0.410 e. The largest absolute Gasteiger partial charge is 0.445 e. The van der Waals surface area contributed by atoms with Crippen LogP contribution < -0.4 is 5.32 Å². The van der Waals surface area contributed by atoms with Gasteiger partial charge in [0.05, 0.1) is 18.7 Å². The van der Waals surface area contributed by atoms with Crippen LogP contribution in [0.3, 0.4) is 0 Å². The molecule has 0 aromatic heterocycles. The first-order chi connectivity index (χ1) is 12.7. The summed E-state index contributed by atoms with van der Waals surface area (Å²) in [6, 6.07) is 8.85. The fraction of sp³-hybridized carbons (Fsp3) is 0.600. The van der Waals surface area contributed by atoms with Crippen molar-refractivity contribution in [3.63, 3.8) is 0 Å². The molecule has 3 atom stereocenters. The van der Waals surface area contributed by atoms with Gasteiger partial charge in [0, 0.05) is 6.04 Å². The van der Waals surface area contributed by atoms with Crippen molar-refractivity contribution in [2.45, 2.75) is 70.9 Å². The van der Waals surface area contributed by atoms with Crippen LogP contribution >= 0.6 is 0 Å². The normalized spacial score (nSPS) is 23.3. The predicted molar refractivity (Wildman–Crippen MR) is 101 cm³/mol. The Morgan fingerprint density at radius 2 is 1.89 bits per heavy atom. The van der Waals surface area contributed by atoms with Crippen LogP contribution in [0.2, 0.25) is 0 Å². The summed E-state index contributed by atoms with van der Waals surface area (Å²) in [5, 5.41) is 13.2. The summed E-state index contributed by atoms with van der Waals surface area (Å²) >= 11 is 0. The van der Waals surface area contributed by atoms with Gasteiger partial charge in [-0.2, -0.15) is 0 Å². The van der Waals surface area contributed by atoms with Crippen molar-refractivity contribution < 1.29 is 24.2 Å². The van der Waals surface area contributed by atoms with Crippen LogP contribution in [0.25, 0.3) is 0 Å². The van der Waals surface area contributed by atoms with Crippen LogP contribution in [0.4, 0.5) is 9.59 Å². The highest BCUT2D eigenvalue weighted by atomic mass is 16.6. The molecule has 2 rings (SSSR count). The van der Waals surface area contributed by atoms with Gasteiger partial charge in [0.25, 0.3) is 0 Å². The third-order valence-corrected chi connectivity index (χ3v) is 4.42. The summed E-state index contributed by atoms with van der Waals surface area (Å²) in [4.78, 5) is 26.0. The second-order valence-electron chi connectivity index (χ2n) is 7.94. The van der Waals surface area contributed by atoms with Gasteiger partial charge in [-0.15, -0.1) is 0 Å². The summed E-state index contributed by atoms with van der Waals surface area (Å²) in [7, 11) is 0. The number of likely N-dealkylation sites (tertiary alicyclic amines) is 1. The molecule has 3 unspecified atom stereocenters. The first-order valence-electron chi connectivity index (χ1n) is 9.30. The number of nitrogens with one attached hydrogen (secondary N) is 1. The Morgan fingerprint density at radius 3 is 2.52 bits per heavy atom. The maximum atomic E-state index is 12.5. The number of ether oxygens (including phenoxy) is 2. The number of rotatable bonds is 3. The molecule has 1 fully saturated rings. The zero-order valence-electron chi connectivity index (χ0n) is 16.5. The van der Waals surface area contributed by atoms with Crippen LogP contribution in [-0.4, -0.2) is 52.5 Å². The molecule has 0 bridgehead atoms. The van der Waals surface area contributed by atoms with Crippen LogP contribution in [0.15, 0.2) is 30.3 Å². The van der Waals surface area contributed by atoms with Gasteiger partial charge < -0.3 is 24.8 Å². The lowest BCUT2D eigenvalue weighted by Crippen LogP contribution is -2.49. The number of hydrogen-bond donors (Lipinski definition) is 2. The molecule has 0 spiro atoms. The average molecular weight is 378 g/mol. The molecule has 0 aliphatic carbocycles. The molecular formula is C20H30N2O5. The third kappa shape index (κ3) is 6.75. The van der Waals surface area contributed by atoms with Crippen molar-refractivity contribution in [3.8, 4) is 0 Å². The standard InChI is InChI=1S/C20H30N2O5/c1-14-10-11-16(21-18(24)27-20(2,3)4)17(23)12-22(14)19(25)26-13-15-8-6-5-7-9-15/h5-9,14,16-17,23H,10-13H2,1-4H3,(H,21,24). The summed E-state index contributed by atoms with van der Waals surface area (Å²) in [6.45, 7) is 7.52. The van der Waals surface area contributed by atoms with Crippen molar-refractivity contribution in [2.24, 2.45) is 0 Å². The second-order valence-corrected chi connectivity index (χ2v) is 7.94. The molecule has 1 aliphatic heterocycles. The van der Waals surface area contributed by atoms with Gasteiger partial charge in [0.1, 0.15) is 12.2 Å². The molecule has 7 heteroatoms. The summed E-state index contributed by atoms with van der Waals surface area (Å²) in [5.74, 6) is 0. The quantitative estimate of drug-likeness (QED) is 0.844. The SMILES string of the molecule is CC1CCC(NC(=O)OC(C)(C)C)C(O)CN1C(=O)OCc1ccccc1. The summed E-state index contributed by atoms with van der Waals surface area (Å²) in [6.07, 6.45) is -0.753. The van der Waals surface area contributed by atoms with E-state index in [4.69, 9.17) is 9.47 Å². The third-order valence-electron chi connectivity index (χ3n) is 4.42. The minimum atomic E-state index is -0.897. The van der Waals surface area contributed by atoms with E-state index in [0.29, 0.717) is 12.8 Å². The molecular weight excluding hydrogens is 348 g/mol. The van der Waals surface area contributed by atoms with Crippen LogP contribution in [-0.2, 0) is 16.1 Å². The van der Waals surface area contributed by atoms with E-state index in [1.165, 1.54) is 4.90 Å². The minimum absolute atomic E-state index is 0.0925. The number of aliphatic hydroxyl groups is 1. The number of benzene rings is 1. The maximum absolute atomic E-state index is 12.5. The van der Waals surface area contributed by atoms with Crippen LogP contribution in [0.5, 0.6) is 0 Å². The van der Waals surface area contributed by atoms with E-state index in [1.54, 1.807) is 20.8 Å². The number of alkyl carbamates (subject to hydrolysis) is 1. The molecule has 0 saturated carbocycles. The van der Waals surface area contributed by atoms with E-state index in [1.807, 2.05) is 37.3 Å². The first kappa shape index (κ1) is 21.0. The Bertz CT molecular complexity index is 629. The lowest BCUT2D eigenvalue weighted by Gasteiger charge is -2.28. The van der Waals surface area contributed by atoms with Gasteiger partial charge in [0.15, 0.2) is 0 Å². The Kier molecular flexibility index (Phi) is 7.07. The predicted octanol–water partition coefficient (Wildman–Crippen LogP) is 3.06. The minimum Gasteiger partial charge on any atom is -0.445 e. The highest BCUT2D eigenvalue weighted by molar-refractivity contribution is 5.69. The first-order valence-corrected chi connectivity index (χ1v) is 9.30. The number of amides is 2.